The number of nitrogens with one attached hydrogen (secondary N) is 1. The van der Waals surface area contributed by atoms with Gasteiger partial charge in [-0.3, -0.25) is 9.69 Å². The number of amides is 2. The number of rotatable bonds is 5. The molecule has 1 aromatic carbocycles. The van der Waals surface area contributed by atoms with Crippen LogP contribution in [0.5, 0.6) is 0 Å². The maximum atomic E-state index is 14.7. The number of hydrogen-bond donors (Lipinski definition) is 1. The first-order valence-corrected chi connectivity index (χ1v) is 8.80. The predicted molar refractivity (Wildman–Crippen MR) is 97.8 cm³/mol. The number of carbonyl (C=O) groups excluding carboxylic acids is 2. The molecule has 8 heteroatoms. The Morgan fingerprint density at radius 1 is 1.48 bits per heavy atom. The summed E-state index contributed by atoms with van der Waals surface area (Å²) < 4.78 is 19.9. The van der Waals surface area contributed by atoms with Crippen LogP contribution in [0, 0.1) is 17.1 Å². The van der Waals surface area contributed by atoms with Crippen LogP contribution in [0.2, 0.25) is 0 Å². The predicted octanol–water partition coefficient (Wildman–Crippen LogP) is 2.34. The molecule has 3 rings (SSSR count). The summed E-state index contributed by atoms with van der Waals surface area (Å²) >= 11 is 0. The summed E-state index contributed by atoms with van der Waals surface area (Å²) in [5.74, 6) is -0.615. The monoisotopic (exact) mass is 372 g/mol. The van der Waals surface area contributed by atoms with E-state index in [1.807, 2.05) is 11.0 Å². The highest BCUT2D eigenvalue weighted by atomic mass is 19.1. The number of anilines is 2. The topological polar surface area (TPSA) is 85.7 Å². The van der Waals surface area contributed by atoms with Crippen LogP contribution in [0.1, 0.15) is 19.8 Å². The molecule has 1 saturated heterocycles. The van der Waals surface area contributed by atoms with Gasteiger partial charge in [-0.2, -0.15) is 5.26 Å². The molecular formula is C19H21FN4O3. The molecule has 1 aromatic rings. The zero-order chi connectivity index (χ0) is 19.4. The van der Waals surface area contributed by atoms with Gasteiger partial charge in [0.2, 0.25) is 5.91 Å². The molecule has 27 heavy (non-hydrogen) atoms. The summed E-state index contributed by atoms with van der Waals surface area (Å²) in [6.45, 7) is 3.07. The third kappa shape index (κ3) is 4.37. The summed E-state index contributed by atoms with van der Waals surface area (Å²) in [7, 11) is 0. The van der Waals surface area contributed by atoms with Gasteiger partial charge in [0.25, 0.3) is 0 Å². The van der Waals surface area contributed by atoms with E-state index in [9.17, 15) is 14.0 Å². The molecule has 0 radical (unpaired) electrons. The fraction of sp³-hybridized carbons (Fsp3) is 0.421. The minimum atomic E-state index is -0.556. The Balaban J connectivity index is 1.68. The Kier molecular flexibility index (Phi) is 5.60. The fourth-order valence-electron chi connectivity index (χ4n) is 3.21. The number of nitrogens with zero attached hydrogens (tertiary/aromatic N) is 3. The molecule has 0 aliphatic carbocycles. The van der Waals surface area contributed by atoms with E-state index in [0.29, 0.717) is 30.9 Å². The maximum Gasteiger partial charge on any atom is 0.414 e. The first-order chi connectivity index (χ1) is 13.0. The molecular weight excluding hydrogens is 351 g/mol. The Hall–Kier alpha value is -3.08. The molecule has 7 nitrogen and oxygen atoms in total. The maximum absolute atomic E-state index is 14.7. The van der Waals surface area contributed by atoms with E-state index in [2.05, 4.69) is 11.4 Å². The van der Waals surface area contributed by atoms with Gasteiger partial charge in [0, 0.05) is 20.0 Å². The molecule has 1 atom stereocenters. The van der Waals surface area contributed by atoms with Crippen molar-refractivity contribution < 1.29 is 18.7 Å². The molecule has 2 aliphatic rings. The number of benzene rings is 1. The van der Waals surface area contributed by atoms with Crippen molar-refractivity contribution in [1.29, 1.82) is 5.26 Å². The van der Waals surface area contributed by atoms with Crippen molar-refractivity contribution in [2.45, 2.75) is 25.9 Å². The van der Waals surface area contributed by atoms with Gasteiger partial charge in [0.1, 0.15) is 11.9 Å². The summed E-state index contributed by atoms with van der Waals surface area (Å²) in [5, 5.41) is 11.4. The van der Waals surface area contributed by atoms with E-state index < -0.39 is 18.0 Å². The zero-order valence-electron chi connectivity index (χ0n) is 15.1. The van der Waals surface area contributed by atoms with Crippen LogP contribution in [-0.4, -0.2) is 44.3 Å². The lowest BCUT2D eigenvalue weighted by molar-refractivity contribution is -0.119. The molecule has 2 heterocycles. The minimum absolute atomic E-state index is 0.201. The van der Waals surface area contributed by atoms with Crippen LogP contribution in [0.3, 0.4) is 0 Å². The van der Waals surface area contributed by atoms with Gasteiger partial charge in [0.05, 0.1) is 37.0 Å². The molecule has 0 unspecified atom stereocenters. The van der Waals surface area contributed by atoms with Gasteiger partial charge < -0.3 is 15.0 Å². The average Bonchev–Trinajstić information content (AvgIpc) is 3.02. The van der Waals surface area contributed by atoms with Crippen molar-refractivity contribution in [3.8, 4) is 6.07 Å². The first-order valence-electron chi connectivity index (χ1n) is 8.80. The molecule has 0 bridgehead atoms. The highest BCUT2D eigenvalue weighted by molar-refractivity contribution is 5.90. The second-order valence-corrected chi connectivity index (χ2v) is 6.58. The quantitative estimate of drug-likeness (QED) is 0.802. The van der Waals surface area contributed by atoms with Crippen LogP contribution >= 0.6 is 0 Å². The van der Waals surface area contributed by atoms with Crippen LogP contribution in [0.25, 0.3) is 0 Å². The number of ether oxygens (including phenoxy) is 1. The zero-order valence-corrected chi connectivity index (χ0v) is 15.1. The molecule has 0 aromatic heterocycles. The highest BCUT2D eigenvalue weighted by Crippen LogP contribution is 2.29. The van der Waals surface area contributed by atoms with Crippen molar-refractivity contribution in [2.75, 3.05) is 36.0 Å². The number of nitriles is 1. The van der Waals surface area contributed by atoms with Gasteiger partial charge in [-0.25, -0.2) is 9.18 Å². The third-order valence-electron chi connectivity index (χ3n) is 4.65. The van der Waals surface area contributed by atoms with Gasteiger partial charge >= 0.3 is 6.09 Å². The van der Waals surface area contributed by atoms with E-state index in [-0.39, 0.29) is 19.0 Å². The van der Waals surface area contributed by atoms with Crippen molar-refractivity contribution in [3.05, 3.63) is 35.7 Å². The number of hydrogen-bond acceptors (Lipinski definition) is 5. The fourth-order valence-corrected chi connectivity index (χ4v) is 3.21. The van der Waals surface area contributed by atoms with Crippen molar-refractivity contribution in [1.82, 2.24) is 5.32 Å². The lowest BCUT2D eigenvalue weighted by Crippen LogP contribution is -2.33. The summed E-state index contributed by atoms with van der Waals surface area (Å²) in [6, 6.07) is 6.80. The van der Waals surface area contributed by atoms with Crippen LogP contribution < -0.4 is 15.1 Å². The summed E-state index contributed by atoms with van der Waals surface area (Å²) in [5.41, 5.74) is 1.97. The average molecular weight is 372 g/mol. The molecule has 1 N–H and O–H groups in total. The van der Waals surface area contributed by atoms with Crippen LogP contribution in [0.4, 0.5) is 20.6 Å². The van der Waals surface area contributed by atoms with Crippen molar-refractivity contribution in [3.63, 3.8) is 0 Å². The standard InChI is InChI=1S/C19H21FN4O3/c1-13(25)22-11-16-12-24(19(26)27-16)15-2-3-18(17(20)10-15)23-8-5-14(4-7-21)6-9-23/h2-3,5,10,16H,4,6,8-9,11-12H2,1H3,(H,22,25)/t16-/m0/s1. The van der Waals surface area contributed by atoms with E-state index in [0.717, 1.165) is 12.0 Å². The SMILES string of the molecule is CC(=O)NC[C@H]1CN(c2ccc(N3CC=C(CC#N)CC3)c(F)c2)C(=O)O1. The summed E-state index contributed by atoms with van der Waals surface area (Å²) in [6.07, 6.45) is 2.09. The Bertz CT molecular complexity index is 818. The molecule has 142 valence electrons. The van der Waals surface area contributed by atoms with Gasteiger partial charge in [-0.15, -0.1) is 0 Å². The summed E-state index contributed by atoms with van der Waals surface area (Å²) in [4.78, 5) is 26.3. The molecule has 0 spiro atoms. The number of cyclic esters (lactones) is 1. The highest BCUT2D eigenvalue weighted by Gasteiger charge is 2.33. The Labute approximate surface area is 157 Å². The third-order valence-corrected chi connectivity index (χ3v) is 4.65. The van der Waals surface area contributed by atoms with E-state index in [4.69, 9.17) is 10.00 Å². The normalized spacial score (nSPS) is 19.4. The number of halogens is 1. The van der Waals surface area contributed by atoms with E-state index in [1.165, 1.54) is 17.9 Å². The molecule has 2 amide bonds. The van der Waals surface area contributed by atoms with E-state index >= 15 is 0 Å². The van der Waals surface area contributed by atoms with Gasteiger partial charge in [-0.1, -0.05) is 11.6 Å². The van der Waals surface area contributed by atoms with E-state index in [1.54, 1.807) is 12.1 Å². The van der Waals surface area contributed by atoms with Gasteiger partial charge in [0.15, 0.2) is 0 Å². The second-order valence-electron chi connectivity index (χ2n) is 6.58. The number of carbonyl (C=O) groups is 2. The molecule has 2 aliphatic heterocycles. The van der Waals surface area contributed by atoms with Crippen molar-refractivity contribution in [2.24, 2.45) is 0 Å². The van der Waals surface area contributed by atoms with Gasteiger partial charge in [-0.05, 0) is 24.6 Å². The van der Waals surface area contributed by atoms with Crippen LogP contribution in [0.15, 0.2) is 29.8 Å². The molecule has 0 saturated carbocycles. The van der Waals surface area contributed by atoms with Crippen molar-refractivity contribution >= 4 is 23.4 Å². The molecule has 1 fully saturated rings. The Morgan fingerprint density at radius 3 is 2.93 bits per heavy atom. The Morgan fingerprint density at radius 2 is 2.30 bits per heavy atom. The lowest BCUT2D eigenvalue weighted by atomic mass is 10.0. The minimum Gasteiger partial charge on any atom is -0.442 e. The van der Waals surface area contributed by atoms with Crippen LogP contribution in [-0.2, 0) is 9.53 Å². The second kappa shape index (κ2) is 8.08. The largest absolute Gasteiger partial charge is 0.442 e. The lowest BCUT2D eigenvalue weighted by Gasteiger charge is -2.28. The smallest absolute Gasteiger partial charge is 0.414 e. The first kappa shape index (κ1) is 18.7.